The predicted octanol–water partition coefficient (Wildman–Crippen LogP) is 0.861. The van der Waals surface area contributed by atoms with Crippen molar-refractivity contribution >= 4 is 0 Å². The standard InChI is InChI=1S/C11H13N3O/c15-8-7-14-6-5-13-11(14)9-10-1-3-12-4-2-10/h1-6,15H,7-9H2. The van der Waals surface area contributed by atoms with Gasteiger partial charge < -0.3 is 9.67 Å². The van der Waals surface area contributed by atoms with Gasteiger partial charge in [-0.1, -0.05) is 0 Å². The molecule has 2 aromatic heterocycles. The number of hydrogen-bond donors (Lipinski definition) is 1. The molecule has 2 heterocycles. The summed E-state index contributed by atoms with van der Waals surface area (Å²) in [6, 6.07) is 3.94. The number of hydrogen-bond acceptors (Lipinski definition) is 3. The maximum Gasteiger partial charge on any atom is 0.113 e. The molecule has 1 N–H and O–H groups in total. The summed E-state index contributed by atoms with van der Waals surface area (Å²) in [6.45, 7) is 0.736. The van der Waals surface area contributed by atoms with Gasteiger partial charge in [0.05, 0.1) is 6.61 Å². The first-order valence-corrected chi connectivity index (χ1v) is 4.90. The van der Waals surface area contributed by atoms with Crippen molar-refractivity contribution in [1.29, 1.82) is 0 Å². The molecule has 0 saturated heterocycles. The lowest BCUT2D eigenvalue weighted by Crippen LogP contribution is -2.06. The van der Waals surface area contributed by atoms with E-state index in [1.165, 1.54) is 5.56 Å². The fraction of sp³-hybridized carbons (Fsp3) is 0.273. The van der Waals surface area contributed by atoms with Crippen LogP contribution in [0, 0.1) is 0 Å². The highest BCUT2D eigenvalue weighted by Crippen LogP contribution is 2.06. The van der Waals surface area contributed by atoms with Crippen LogP contribution in [0.4, 0.5) is 0 Å². The van der Waals surface area contributed by atoms with Crippen LogP contribution in [0.2, 0.25) is 0 Å². The third kappa shape index (κ3) is 2.41. The SMILES string of the molecule is OCCn1ccnc1Cc1ccncc1. The Morgan fingerprint density at radius 3 is 2.73 bits per heavy atom. The third-order valence-electron chi connectivity index (χ3n) is 2.25. The molecule has 0 unspecified atom stereocenters. The van der Waals surface area contributed by atoms with Gasteiger partial charge in [0.15, 0.2) is 0 Å². The molecule has 0 atom stereocenters. The van der Waals surface area contributed by atoms with E-state index in [0.29, 0.717) is 6.54 Å². The van der Waals surface area contributed by atoms with Crippen molar-refractivity contribution in [2.75, 3.05) is 6.61 Å². The van der Waals surface area contributed by atoms with Crippen LogP contribution in [0.25, 0.3) is 0 Å². The van der Waals surface area contributed by atoms with Crippen molar-refractivity contribution in [1.82, 2.24) is 14.5 Å². The minimum absolute atomic E-state index is 0.139. The summed E-state index contributed by atoms with van der Waals surface area (Å²) in [6.07, 6.45) is 7.96. The smallest absolute Gasteiger partial charge is 0.113 e. The van der Waals surface area contributed by atoms with Gasteiger partial charge in [-0.25, -0.2) is 4.98 Å². The minimum Gasteiger partial charge on any atom is -0.395 e. The zero-order valence-corrected chi connectivity index (χ0v) is 8.37. The predicted molar refractivity (Wildman–Crippen MR) is 56.4 cm³/mol. The number of imidazole rings is 1. The molecule has 0 saturated carbocycles. The number of nitrogens with zero attached hydrogens (tertiary/aromatic N) is 3. The van der Waals surface area contributed by atoms with Crippen LogP contribution in [0.5, 0.6) is 0 Å². The molecule has 0 aromatic carbocycles. The summed E-state index contributed by atoms with van der Waals surface area (Å²) in [7, 11) is 0. The Morgan fingerprint density at radius 2 is 2.00 bits per heavy atom. The summed E-state index contributed by atoms with van der Waals surface area (Å²) in [4.78, 5) is 8.23. The Kier molecular flexibility index (Phi) is 3.09. The van der Waals surface area contributed by atoms with Gasteiger partial charge in [0, 0.05) is 37.8 Å². The van der Waals surface area contributed by atoms with Crippen LogP contribution in [-0.2, 0) is 13.0 Å². The number of rotatable bonds is 4. The second kappa shape index (κ2) is 4.70. The monoisotopic (exact) mass is 203 g/mol. The Hall–Kier alpha value is -1.68. The first kappa shape index (κ1) is 9.86. The topological polar surface area (TPSA) is 50.9 Å². The second-order valence-electron chi connectivity index (χ2n) is 3.29. The van der Waals surface area contributed by atoms with Gasteiger partial charge in [-0.3, -0.25) is 4.98 Å². The summed E-state index contributed by atoms with van der Waals surface area (Å²) in [5, 5.41) is 8.87. The van der Waals surface area contributed by atoms with E-state index in [9.17, 15) is 0 Å². The molecule has 4 nitrogen and oxygen atoms in total. The molecular formula is C11H13N3O. The Balaban J connectivity index is 2.14. The molecule has 0 aliphatic rings. The van der Waals surface area contributed by atoms with Crippen LogP contribution < -0.4 is 0 Å². The molecule has 4 heteroatoms. The van der Waals surface area contributed by atoms with E-state index in [1.807, 2.05) is 22.9 Å². The quantitative estimate of drug-likeness (QED) is 0.801. The maximum absolute atomic E-state index is 8.87. The first-order chi connectivity index (χ1) is 7.40. The van der Waals surface area contributed by atoms with Gasteiger partial charge in [0.1, 0.15) is 5.82 Å². The van der Waals surface area contributed by atoms with Gasteiger partial charge >= 0.3 is 0 Å². The molecule has 2 aromatic rings. The van der Waals surface area contributed by atoms with Crippen molar-refractivity contribution in [3.63, 3.8) is 0 Å². The van der Waals surface area contributed by atoms with Crippen LogP contribution in [0.15, 0.2) is 36.9 Å². The van der Waals surface area contributed by atoms with Crippen molar-refractivity contribution in [3.8, 4) is 0 Å². The molecular weight excluding hydrogens is 190 g/mol. The number of aliphatic hydroxyl groups is 1. The van der Waals surface area contributed by atoms with Gasteiger partial charge in [-0.2, -0.15) is 0 Å². The molecule has 0 bridgehead atoms. The van der Waals surface area contributed by atoms with E-state index in [-0.39, 0.29) is 6.61 Å². The minimum atomic E-state index is 0.139. The molecule has 0 radical (unpaired) electrons. The Morgan fingerprint density at radius 1 is 1.20 bits per heavy atom. The van der Waals surface area contributed by atoms with Gasteiger partial charge in [0.2, 0.25) is 0 Å². The van der Waals surface area contributed by atoms with Gasteiger partial charge in [0.25, 0.3) is 0 Å². The molecule has 0 spiro atoms. The molecule has 2 rings (SSSR count). The van der Waals surface area contributed by atoms with E-state index >= 15 is 0 Å². The molecule has 15 heavy (non-hydrogen) atoms. The molecule has 0 aliphatic carbocycles. The lowest BCUT2D eigenvalue weighted by molar-refractivity contribution is 0.274. The summed E-state index contributed by atoms with van der Waals surface area (Å²) in [5.74, 6) is 0.968. The van der Waals surface area contributed by atoms with E-state index in [0.717, 1.165) is 12.2 Å². The molecule has 78 valence electrons. The Bertz CT molecular complexity index is 411. The van der Waals surface area contributed by atoms with E-state index in [1.54, 1.807) is 18.6 Å². The number of pyridine rings is 1. The van der Waals surface area contributed by atoms with Crippen LogP contribution in [0.3, 0.4) is 0 Å². The van der Waals surface area contributed by atoms with Gasteiger partial charge in [-0.15, -0.1) is 0 Å². The van der Waals surface area contributed by atoms with Crippen LogP contribution in [0.1, 0.15) is 11.4 Å². The fourth-order valence-electron chi connectivity index (χ4n) is 1.50. The molecule has 0 aliphatic heterocycles. The second-order valence-corrected chi connectivity index (χ2v) is 3.29. The molecule has 0 fully saturated rings. The zero-order chi connectivity index (χ0) is 10.5. The van der Waals surface area contributed by atoms with Crippen LogP contribution >= 0.6 is 0 Å². The highest BCUT2D eigenvalue weighted by atomic mass is 16.3. The summed E-state index contributed by atoms with van der Waals surface area (Å²) < 4.78 is 1.96. The van der Waals surface area contributed by atoms with Crippen molar-refractivity contribution in [2.45, 2.75) is 13.0 Å². The fourth-order valence-corrected chi connectivity index (χ4v) is 1.50. The summed E-state index contributed by atoms with van der Waals surface area (Å²) in [5.41, 5.74) is 1.18. The number of aliphatic hydroxyl groups excluding tert-OH is 1. The third-order valence-corrected chi connectivity index (χ3v) is 2.25. The van der Waals surface area contributed by atoms with Crippen molar-refractivity contribution in [3.05, 3.63) is 48.3 Å². The average molecular weight is 203 g/mol. The Labute approximate surface area is 88.2 Å². The van der Waals surface area contributed by atoms with E-state index in [2.05, 4.69) is 9.97 Å². The average Bonchev–Trinajstić information content (AvgIpc) is 2.68. The highest BCUT2D eigenvalue weighted by Gasteiger charge is 2.02. The first-order valence-electron chi connectivity index (χ1n) is 4.90. The maximum atomic E-state index is 8.87. The van der Waals surface area contributed by atoms with Crippen molar-refractivity contribution in [2.24, 2.45) is 0 Å². The lowest BCUT2D eigenvalue weighted by atomic mass is 10.2. The highest BCUT2D eigenvalue weighted by molar-refractivity contribution is 5.15. The van der Waals surface area contributed by atoms with E-state index in [4.69, 9.17) is 5.11 Å². The van der Waals surface area contributed by atoms with Crippen LogP contribution in [-0.4, -0.2) is 26.2 Å². The number of aromatic nitrogens is 3. The largest absolute Gasteiger partial charge is 0.395 e. The normalized spacial score (nSPS) is 10.5. The lowest BCUT2D eigenvalue weighted by Gasteiger charge is -2.05. The van der Waals surface area contributed by atoms with Crippen molar-refractivity contribution < 1.29 is 5.11 Å². The van der Waals surface area contributed by atoms with E-state index < -0.39 is 0 Å². The molecule has 0 amide bonds. The summed E-state index contributed by atoms with van der Waals surface area (Å²) >= 11 is 0. The van der Waals surface area contributed by atoms with Gasteiger partial charge in [-0.05, 0) is 17.7 Å². The zero-order valence-electron chi connectivity index (χ0n) is 8.37.